The van der Waals surface area contributed by atoms with Gasteiger partial charge in [-0.15, -0.1) is 0 Å². The van der Waals surface area contributed by atoms with Crippen molar-refractivity contribution in [3.8, 4) is 0 Å². The van der Waals surface area contributed by atoms with Crippen LogP contribution in [-0.2, 0) is 0 Å². The third-order valence-corrected chi connectivity index (χ3v) is 2.90. The highest BCUT2D eigenvalue weighted by Gasteiger charge is 2.32. The molecule has 0 bridgehead atoms. The molecule has 0 radical (unpaired) electrons. The standard InChI is InChI=1S/C9H12FN3O2/c10-6-3-13(9(15)12-8(6)11)7-2-1-5(7)4-14/h3,5,7,14H,1-2,4H2,(H2,11,12,15)/t5-,7-/m0/s1. The summed E-state index contributed by atoms with van der Waals surface area (Å²) in [5.41, 5.74) is 4.61. The van der Waals surface area contributed by atoms with Gasteiger partial charge in [0.25, 0.3) is 0 Å². The monoisotopic (exact) mass is 213 g/mol. The van der Waals surface area contributed by atoms with Crippen LogP contribution < -0.4 is 11.4 Å². The minimum absolute atomic E-state index is 0.00308. The number of nitrogens with two attached hydrogens (primary N) is 1. The number of aliphatic hydroxyl groups excluding tert-OH is 1. The summed E-state index contributed by atoms with van der Waals surface area (Å²) in [6.07, 6.45) is 2.67. The second-order valence-corrected chi connectivity index (χ2v) is 3.75. The topological polar surface area (TPSA) is 81.1 Å². The zero-order valence-electron chi connectivity index (χ0n) is 8.06. The number of nitrogen functional groups attached to an aromatic ring is 1. The highest BCUT2D eigenvalue weighted by molar-refractivity contribution is 5.26. The lowest BCUT2D eigenvalue weighted by Gasteiger charge is -2.36. The fourth-order valence-electron chi connectivity index (χ4n) is 1.83. The van der Waals surface area contributed by atoms with Crippen LogP contribution in [-0.4, -0.2) is 21.3 Å². The molecule has 3 N–H and O–H groups in total. The Hall–Kier alpha value is -1.43. The van der Waals surface area contributed by atoms with E-state index in [1.807, 2.05) is 0 Å². The maximum atomic E-state index is 13.1. The van der Waals surface area contributed by atoms with Crippen molar-refractivity contribution in [2.45, 2.75) is 18.9 Å². The molecule has 0 aliphatic heterocycles. The first kappa shape index (κ1) is 10.1. The molecule has 1 heterocycles. The lowest BCUT2D eigenvalue weighted by atomic mass is 9.80. The summed E-state index contributed by atoms with van der Waals surface area (Å²) in [4.78, 5) is 14.8. The quantitative estimate of drug-likeness (QED) is 0.719. The predicted octanol–water partition coefficient (Wildman–Crippen LogP) is -0.0920. The van der Waals surface area contributed by atoms with Gasteiger partial charge >= 0.3 is 5.69 Å². The Kier molecular flexibility index (Phi) is 2.44. The van der Waals surface area contributed by atoms with Gasteiger partial charge in [0, 0.05) is 24.8 Å². The Morgan fingerprint density at radius 3 is 2.93 bits per heavy atom. The average molecular weight is 213 g/mol. The van der Waals surface area contributed by atoms with Gasteiger partial charge in [-0.1, -0.05) is 0 Å². The number of halogens is 1. The third-order valence-electron chi connectivity index (χ3n) is 2.90. The van der Waals surface area contributed by atoms with Crippen molar-refractivity contribution in [3.63, 3.8) is 0 Å². The summed E-state index contributed by atoms with van der Waals surface area (Å²) in [6, 6.07) is -0.148. The van der Waals surface area contributed by atoms with E-state index in [2.05, 4.69) is 4.98 Å². The van der Waals surface area contributed by atoms with E-state index >= 15 is 0 Å². The van der Waals surface area contributed by atoms with Crippen molar-refractivity contribution in [3.05, 3.63) is 22.5 Å². The molecule has 5 nitrogen and oxygen atoms in total. The van der Waals surface area contributed by atoms with Crippen molar-refractivity contribution in [1.29, 1.82) is 0 Å². The number of hydrogen-bond acceptors (Lipinski definition) is 4. The predicted molar refractivity (Wildman–Crippen MR) is 51.7 cm³/mol. The zero-order valence-corrected chi connectivity index (χ0v) is 8.06. The van der Waals surface area contributed by atoms with Crippen LogP contribution in [0.5, 0.6) is 0 Å². The molecule has 0 spiro atoms. The molecule has 1 fully saturated rings. The number of aromatic nitrogens is 2. The fraction of sp³-hybridized carbons (Fsp3) is 0.556. The molecule has 0 aromatic carbocycles. The van der Waals surface area contributed by atoms with E-state index in [1.165, 1.54) is 4.57 Å². The normalized spacial score (nSPS) is 24.9. The zero-order chi connectivity index (χ0) is 11.0. The van der Waals surface area contributed by atoms with Crippen LogP contribution >= 0.6 is 0 Å². The fourth-order valence-corrected chi connectivity index (χ4v) is 1.83. The number of nitrogens with zero attached hydrogens (tertiary/aromatic N) is 2. The molecule has 1 aliphatic carbocycles. The van der Waals surface area contributed by atoms with Crippen LogP contribution in [0.3, 0.4) is 0 Å². The molecule has 1 saturated carbocycles. The van der Waals surface area contributed by atoms with Crippen LogP contribution in [0, 0.1) is 11.7 Å². The van der Waals surface area contributed by atoms with Gasteiger partial charge < -0.3 is 10.8 Å². The third kappa shape index (κ3) is 1.61. The molecule has 15 heavy (non-hydrogen) atoms. The van der Waals surface area contributed by atoms with Gasteiger partial charge in [-0.05, 0) is 12.8 Å². The maximum Gasteiger partial charge on any atom is 0.349 e. The van der Waals surface area contributed by atoms with Crippen LogP contribution in [0.1, 0.15) is 18.9 Å². The maximum absolute atomic E-state index is 13.1. The van der Waals surface area contributed by atoms with Crippen LogP contribution in [0.15, 0.2) is 11.0 Å². The Morgan fingerprint density at radius 2 is 2.40 bits per heavy atom. The smallest absolute Gasteiger partial charge is 0.349 e. The van der Waals surface area contributed by atoms with Crippen LogP contribution in [0.2, 0.25) is 0 Å². The Bertz CT molecular complexity index is 430. The van der Waals surface area contributed by atoms with Crippen molar-refractivity contribution >= 4 is 5.82 Å². The molecule has 1 aliphatic rings. The lowest BCUT2D eigenvalue weighted by Crippen LogP contribution is -2.38. The molecule has 2 rings (SSSR count). The van der Waals surface area contributed by atoms with Gasteiger partial charge in [0.15, 0.2) is 11.6 Å². The minimum atomic E-state index is -0.696. The van der Waals surface area contributed by atoms with Crippen LogP contribution in [0.25, 0.3) is 0 Å². The lowest BCUT2D eigenvalue weighted by molar-refractivity contribution is 0.0935. The van der Waals surface area contributed by atoms with E-state index < -0.39 is 11.5 Å². The Morgan fingerprint density at radius 1 is 1.67 bits per heavy atom. The number of anilines is 1. The average Bonchev–Trinajstić information content (AvgIpc) is 2.13. The molecule has 1 aromatic heterocycles. The van der Waals surface area contributed by atoms with E-state index in [9.17, 15) is 9.18 Å². The van der Waals surface area contributed by atoms with Crippen molar-refractivity contribution in [2.24, 2.45) is 5.92 Å². The molecule has 6 heteroatoms. The van der Waals surface area contributed by atoms with Gasteiger partial charge in [-0.3, -0.25) is 4.57 Å². The molecule has 0 unspecified atom stereocenters. The molecule has 0 amide bonds. The number of hydrogen-bond donors (Lipinski definition) is 2. The molecule has 0 saturated heterocycles. The van der Waals surface area contributed by atoms with E-state index in [-0.39, 0.29) is 24.4 Å². The van der Waals surface area contributed by atoms with E-state index in [0.29, 0.717) is 0 Å². The second-order valence-electron chi connectivity index (χ2n) is 3.75. The summed E-state index contributed by atoms with van der Waals surface area (Å²) < 4.78 is 14.3. The van der Waals surface area contributed by atoms with Gasteiger partial charge in [-0.25, -0.2) is 9.18 Å². The van der Waals surface area contributed by atoms with Crippen LogP contribution in [0.4, 0.5) is 10.2 Å². The first-order valence-electron chi connectivity index (χ1n) is 4.78. The summed E-state index contributed by atoms with van der Waals surface area (Å²) >= 11 is 0. The first-order chi connectivity index (χ1) is 7.13. The summed E-state index contributed by atoms with van der Waals surface area (Å²) in [5, 5.41) is 8.98. The Labute approximate surface area is 85.4 Å². The Balaban J connectivity index is 2.36. The molecular formula is C9H12FN3O2. The van der Waals surface area contributed by atoms with E-state index in [4.69, 9.17) is 10.8 Å². The van der Waals surface area contributed by atoms with Gasteiger partial charge in [0.1, 0.15) is 0 Å². The second kappa shape index (κ2) is 3.62. The molecular weight excluding hydrogens is 201 g/mol. The number of aliphatic hydroxyl groups is 1. The van der Waals surface area contributed by atoms with Crippen molar-refractivity contribution in [1.82, 2.24) is 9.55 Å². The molecule has 1 aromatic rings. The molecule has 82 valence electrons. The largest absolute Gasteiger partial charge is 0.396 e. The van der Waals surface area contributed by atoms with Gasteiger partial charge in [0.05, 0.1) is 0 Å². The highest BCUT2D eigenvalue weighted by Crippen LogP contribution is 2.37. The summed E-state index contributed by atoms with van der Waals surface area (Å²) in [7, 11) is 0. The SMILES string of the molecule is Nc1nc(=O)n([C@H]2CC[C@H]2CO)cc1F. The number of rotatable bonds is 2. The van der Waals surface area contributed by atoms with Gasteiger partial charge in [0.2, 0.25) is 0 Å². The first-order valence-corrected chi connectivity index (χ1v) is 4.78. The summed E-state index contributed by atoms with van der Waals surface area (Å²) in [5.74, 6) is -1.05. The highest BCUT2D eigenvalue weighted by atomic mass is 19.1. The van der Waals surface area contributed by atoms with E-state index in [0.717, 1.165) is 19.0 Å². The summed E-state index contributed by atoms with van der Waals surface area (Å²) in [6.45, 7) is 0.00308. The van der Waals surface area contributed by atoms with Gasteiger partial charge in [-0.2, -0.15) is 4.98 Å². The minimum Gasteiger partial charge on any atom is -0.396 e. The van der Waals surface area contributed by atoms with Crippen molar-refractivity contribution < 1.29 is 9.50 Å². The van der Waals surface area contributed by atoms with Crippen molar-refractivity contribution in [2.75, 3.05) is 12.3 Å². The van der Waals surface area contributed by atoms with E-state index in [1.54, 1.807) is 0 Å². The molecule has 2 atom stereocenters.